The summed E-state index contributed by atoms with van der Waals surface area (Å²) in [6.07, 6.45) is 0.882. The van der Waals surface area contributed by atoms with E-state index in [1.807, 2.05) is 20.8 Å². The highest BCUT2D eigenvalue weighted by Gasteiger charge is 2.29. The predicted molar refractivity (Wildman–Crippen MR) is 102 cm³/mol. The largest absolute Gasteiger partial charge is 0.454 e. The first-order valence-corrected chi connectivity index (χ1v) is 10.5. The number of amides is 2. The molecule has 1 aromatic carbocycles. The number of hydrogen-bond donors (Lipinski definition) is 1. The van der Waals surface area contributed by atoms with Crippen molar-refractivity contribution in [2.45, 2.75) is 56.9 Å². The topological polar surface area (TPSA) is 110 Å². The Morgan fingerprint density at radius 2 is 1.82 bits per heavy atom. The van der Waals surface area contributed by atoms with Crippen LogP contribution >= 0.6 is 0 Å². The predicted octanol–water partition coefficient (Wildman–Crippen LogP) is 1.34. The van der Waals surface area contributed by atoms with E-state index in [4.69, 9.17) is 4.74 Å². The molecule has 2 amide bonds. The zero-order chi connectivity index (χ0) is 21.1. The molecule has 0 aromatic heterocycles. The average Bonchev–Trinajstić information content (AvgIpc) is 3.04. The summed E-state index contributed by atoms with van der Waals surface area (Å²) in [6.45, 7) is 7.09. The van der Waals surface area contributed by atoms with Gasteiger partial charge in [-0.15, -0.1) is 0 Å². The number of carbonyl (C=O) groups excluding carboxylic acids is 3. The molecular formula is C19H26N2O6S. The Morgan fingerprint density at radius 1 is 1.21 bits per heavy atom. The van der Waals surface area contributed by atoms with Crippen molar-refractivity contribution in [2.75, 3.05) is 13.2 Å². The quantitative estimate of drug-likeness (QED) is 0.709. The van der Waals surface area contributed by atoms with Crippen molar-refractivity contribution in [3.8, 4) is 0 Å². The minimum atomic E-state index is -3.93. The van der Waals surface area contributed by atoms with Gasteiger partial charge in [0.2, 0.25) is 15.9 Å². The monoisotopic (exact) mass is 410 g/mol. The summed E-state index contributed by atoms with van der Waals surface area (Å²) in [6, 6.07) is 5.22. The number of rotatable bonds is 6. The van der Waals surface area contributed by atoms with Crippen LogP contribution in [0.25, 0.3) is 0 Å². The Kier molecular flexibility index (Phi) is 6.61. The van der Waals surface area contributed by atoms with Crippen molar-refractivity contribution in [2.24, 2.45) is 0 Å². The molecule has 1 saturated heterocycles. The number of likely N-dealkylation sites (tertiary alicyclic amines) is 1. The van der Waals surface area contributed by atoms with Crippen LogP contribution in [0, 0.1) is 0 Å². The summed E-state index contributed by atoms with van der Waals surface area (Å²) < 4.78 is 32.0. The third-order valence-electron chi connectivity index (χ3n) is 4.43. The Labute approximate surface area is 165 Å². The number of sulfonamides is 1. The van der Waals surface area contributed by atoms with Gasteiger partial charge in [-0.05, 0) is 36.5 Å². The van der Waals surface area contributed by atoms with Gasteiger partial charge < -0.3 is 4.74 Å². The molecule has 1 atom stereocenters. The van der Waals surface area contributed by atoms with E-state index in [1.165, 1.54) is 19.1 Å². The van der Waals surface area contributed by atoms with E-state index in [1.54, 1.807) is 12.1 Å². The maximum atomic E-state index is 12.5. The second-order valence-electron chi connectivity index (χ2n) is 7.77. The maximum absolute atomic E-state index is 12.5. The normalized spacial score (nSPS) is 16.1. The van der Waals surface area contributed by atoms with Crippen LogP contribution in [0.5, 0.6) is 0 Å². The fraction of sp³-hybridized carbons (Fsp3) is 0.526. The van der Waals surface area contributed by atoms with Crippen LogP contribution in [0.1, 0.15) is 46.1 Å². The Hall–Kier alpha value is -2.26. The molecule has 0 spiro atoms. The SMILES string of the molecule is C[C@H](NS(=O)(=O)c1ccc(C(C)(C)C)cc1)C(=O)OCC(=O)N1CCCC1=O. The third-order valence-corrected chi connectivity index (χ3v) is 5.99. The smallest absolute Gasteiger partial charge is 0.324 e. The number of nitrogens with zero attached hydrogens (tertiary/aromatic N) is 1. The first-order chi connectivity index (χ1) is 12.9. The summed E-state index contributed by atoms with van der Waals surface area (Å²) >= 11 is 0. The first kappa shape index (κ1) is 22.0. The molecule has 1 aromatic rings. The van der Waals surface area contributed by atoms with Crippen molar-refractivity contribution in [3.63, 3.8) is 0 Å². The Morgan fingerprint density at radius 3 is 2.32 bits per heavy atom. The Balaban J connectivity index is 1.94. The van der Waals surface area contributed by atoms with Crippen molar-refractivity contribution < 1.29 is 27.5 Å². The zero-order valence-electron chi connectivity index (χ0n) is 16.5. The molecule has 154 valence electrons. The molecule has 28 heavy (non-hydrogen) atoms. The highest BCUT2D eigenvalue weighted by atomic mass is 32.2. The second kappa shape index (κ2) is 8.40. The molecule has 1 aliphatic rings. The van der Waals surface area contributed by atoms with Gasteiger partial charge in [0.05, 0.1) is 4.90 Å². The molecular weight excluding hydrogens is 384 g/mol. The van der Waals surface area contributed by atoms with Gasteiger partial charge in [0, 0.05) is 13.0 Å². The highest BCUT2D eigenvalue weighted by Crippen LogP contribution is 2.23. The van der Waals surface area contributed by atoms with Gasteiger partial charge in [-0.1, -0.05) is 32.9 Å². The fourth-order valence-electron chi connectivity index (χ4n) is 2.73. The van der Waals surface area contributed by atoms with E-state index >= 15 is 0 Å². The summed E-state index contributed by atoms with van der Waals surface area (Å²) in [4.78, 5) is 36.5. The molecule has 8 nitrogen and oxygen atoms in total. The van der Waals surface area contributed by atoms with E-state index in [-0.39, 0.29) is 16.2 Å². The average molecular weight is 410 g/mol. The van der Waals surface area contributed by atoms with E-state index < -0.39 is 34.5 Å². The molecule has 0 aliphatic carbocycles. The van der Waals surface area contributed by atoms with Crippen LogP contribution in [-0.4, -0.2) is 50.3 Å². The van der Waals surface area contributed by atoms with Crippen molar-refractivity contribution in [1.29, 1.82) is 0 Å². The van der Waals surface area contributed by atoms with Gasteiger partial charge in [0.25, 0.3) is 5.91 Å². The minimum Gasteiger partial charge on any atom is -0.454 e. The number of nitrogens with one attached hydrogen (secondary N) is 1. The molecule has 9 heteroatoms. The zero-order valence-corrected chi connectivity index (χ0v) is 17.3. The van der Waals surface area contributed by atoms with Crippen LogP contribution in [0.3, 0.4) is 0 Å². The number of carbonyl (C=O) groups is 3. The van der Waals surface area contributed by atoms with Crippen molar-refractivity contribution in [3.05, 3.63) is 29.8 Å². The van der Waals surface area contributed by atoms with Gasteiger partial charge in [0.15, 0.2) is 6.61 Å². The summed E-state index contributed by atoms with van der Waals surface area (Å²) in [5.41, 5.74) is 0.865. The van der Waals surface area contributed by atoms with Crippen LogP contribution in [0.15, 0.2) is 29.2 Å². The standard InChI is InChI=1S/C19H26N2O6S/c1-13(18(24)27-12-17(23)21-11-5-6-16(21)22)20-28(25,26)15-9-7-14(8-10-15)19(2,3)4/h7-10,13,20H,5-6,11-12H2,1-4H3/t13-/m0/s1. The molecule has 2 rings (SSSR count). The molecule has 1 fully saturated rings. The minimum absolute atomic E-state index is 0.0267. The molecule has 0 bridgehead atoms. The van der Waals surface area contributed by atoms with Crippen molar-refractivity contribution in [1.82, 2.24) is 9.62 Å². The molecule has 1 aliphatic heterocycles. The van der Waals surface area contributed by atoms with Crippen LogP contribution in [0.4, 0.5) is 0 Å². The van der Waals surface area contributed by atoms with Gasteiger partial charge in [0.1, 0.15) is 6.04 Å². The summed E-state index contributed by atoms with van der Waals surface area (Å²) in [5.74, 6) is -1.80. The summed E-state index contributed by atoms with van der Waals surface area (Å²) in [5, 5.41) is 0. The van der Waals surface area contributed by atoms with Gasteiger partial charge >= 0.3 is 5.97 Å². The molecule has 0 unspecified atom stereocenters. The number of benzene rings is 1. The van der Waals surface area contributed by atoms with E-state index in [2.05, 4.69) is 4.72 Å². The third kappa shape index (κ3) is 5.39. The Bertz CT molecular complexity index is 855. The van der Waals surface area contributed by atoms with Crippen molar-refractivity contribution >= 4 is 27.8 Å². The molecule has 1 N–H and O–H groups in total. The lowest BCUT2D eigenvalue weighted by molar-refractivity contribution is -0.155. The molecule has 0 saturated carbocycles. The number of ether oxygens (including phenoxy) is 1. The number of esters is 1. The fourth-order valence-corrected chi connectivity index (χ4v) is 3.92. The lowest BCUT2D eigenvalue weighted by Crippen LogP contribution is -2.41. The van der Waals surface area contributed by atoms with Crippen LogP contribution in [0.2, 0.25) is 0 Å². The highest BCUT2D eigenvalue weighted by molar-refractivity contribution is 7.89. The van der Waals surface area contributed by atoms with Crippen LogP contribution in [-0.2, 0) is 34.6 Å². The number of imide groups is 1. The van der Waals surface area contributed by atoms with Gasteiger partial charge in [-0.25, -0.2) is 8.42 Å². The molecule has 0 radical (unpaired) electrons. The van der Waals surface area contributed by atoms with Gasteiger partial charge in [-0.3, -0.25) is 19.3 Å². The van der Waals surface area contributed by atoms with Crippen LogP contribution < -0.4 is 4.72 Å². The second-order valence-corrected chi connectivity index (χ2v) is 9.48. The van der Waals surface area contributed by atoms with E-state index in [0.29, 0.717) is 19.4 Å². The van der Waals surface area contributed by atoms with Gasteiger partial charge in [-0.2, -0.15) is 4.72 Å². The number of hydrogen-bond acceptors (Lipinski definition) is 6. The first-order valence-electron chi connectivity index (χ1n) is 9.04. The lowest BCUT2D eigenvalue weighted by atomic mass is 9.87. The van der Waals surface area contributed by atoms with E-state index in [9.17, 15) is 22.8 Å². The summed E-state index contributed by atoms with van der Waals surface area (Å²) in [7, 11) is -3.93. The van der Waals surface area contributed by atoms with E-state index in [0.717, 1.165) is 10.5 Å². The molecule has 1 heterocycles. The maximum Gasteiger partial charge on any atom is 0.324 e. The lowest BCUT2D eigenvalue weighted by Gasteiger charge is -2.19.